The van der Waals surface area contributed by atoms with Crippen LogP contribution in [0.4, 0.5) is 0 Å². The third kappa shape index (κ3) is 1.63. The average molecular weight is 156 g/mol. The van der Waals surface area contributed by atoms with Crippen molar-refractivity contribution in [1.29, 1.82) is 0 Å². The molecule has 2 atom stereocenters. The number of nitrogens with zero attached hydrogens (tertiary/aromatic N) is 1. The summed E-state index contributed by atoms with van der Waals surface area (Å²) >= 11 is 0. The Balaban J connectivity index is 2.59. The molecular weight excluding hydrogens is 140 g/mol. The minimum absolute atomic E-state index is 0.134. The monoisotopic (exact) mass is 156 g/mol. The SMILES string of the molecule is CNC1N=C(N)NC1C(C)C. The Kier molecular flexibility index (Phi) is 2.34. The number of nitrogens with one attached hydrogen (secondary N) is 2. The van der Waals surface area contributed by atoms with Crippen LogP contribution in [0.1, 0.15) is 13.8 Å². The van der Waals surface area contributed by atoms with Gasteiger partial charge in [-0.05, 0) is 13.0 Å². The first kappa shape index (κ1) is 8.33. The lowest BCUT2D eigenvalue weighted by atomic mass is 10.0. The van der Waals surface area contributed by atoms with Crippen LogP contribution in [0.25, 0.3) is 0 Å². The van der Waals surface area contributed by atoms with E-state index in [9.17, 15) is 0 Å². The Bertz CT molecular complexity index is 164. The van der Waals surface area contributed by atoms with Gasteiger partial charge in [0.05, 0.1) is 6.04 Å². The van der Waals surface area contributed by atoms with Gasteiger partial charge in [0.25, 0.3) is 0 Å². The van der Waals surface area contributed by atoms with Gasteiger partial charge >= 0.3 is 0 Å². The van der Waals surface area contributed by atoms with E-state index in [1.165, 1.54) is 0 Å². The summed E-state index contributed by atoms with van der Waals surface area (Å²) in [7, 11) is 1.89. The van der Waals surface area contributed by atoms with Crippen LogP contribution < -0.4 is 16.4 Å². The van der Waals surface area contributed by atoms with Crippen molar-refractivity contribution in [3.8, 4) is 0 Å². The fourth-order valence-corrected chi connectivity index (χ4v) is 1.29. The maximum absolute atomic E-state index is 5.53. The lowest BCUT2D eigenvalue weighted by molar-refractivity contribution is 0.379. The van der Waals surface area contributed by atoms with Crippen LogP contribution in [0.15, 0.2) is 4.99 Å². The zero-order valence-corrected chi connectivity index (χ0v) is 7.26. The molecule has 0 saturated carbocycles. The molecule has 64 valence electrons. The van der Waals surface area contributed by atoms with Crippen LogP contribution in [0.2, 0.25) is 0 Å². The molecule has 0 radical (unpaired) electrons. The Morgan fingerprint density at radius 2 is 2.27 bits per heavy atom. The molecule has 2 unspecified atom stereocenters. The molecule has 11 heavy (non-hydrogen) atoms. The molecule has 0 aromatic rings. The van der Waals surface area contributed by atoms with Crippen LogP contribution in [0.5, 0.6) is 0 Å². The predicted octanol–water partition coefficient (Wildman–Crippen LogP) is -0.526. The van der Waals surface area contributed by atoms with Gasteiger partial charge in [-0.2, -0.15) is 0 Å². The molecule has 0 bridgehead atoms. The molecule has 1 aliphatic heterocycles. The van der Waals surface area contributed by atoms with Gasteiger partial charge in [0.15, 0.2) is 5.96 Å². The fourth-order valence-electron chi connectivity index (χ4n) is 1.29. The average Bonchev–Trinajstić information content (AvgIpc) is 2.30. The van der Waals surface area contributed by atoms with E-state index >= 15 is 0 Å². The van der Waals surface area contributed by atoms with Crippen LogP contribution >= 0.6 is 0 Å². The number of aliphatic imine (C=N–C) groups is 1. The van der Waals surface area contributed by atoms with E-state index in [-0.39, 0.29) is 6.17 Å². The molecule has 1 aliphatic rings. The van der Waals surface area contributed by atoms with Crippen molar-refractivity contribution in [2.45, 2.75) is 26.1 Å². The molecule has 0 aromatic heterocycles. The van der Waals surface area contributed by atoms with E-state index in [2.05, 4.69) is 29.5 Å². The summed E-state index contributed by atoms with van der Waals surface area (Å²) in [5.41, 5.74) is 5.53. The largest absolute Gasteiger partial charge is 0.370 e. The minimum atomic E-state index is 0.134. The Morgan fingerprint density at radius 3 is 2.64 bits per heavy atom. The molecule has 0 saturated heterocycles. The van der Waals surface area contributed by atoms with Gasteiger partial charge in [-0.3, -0.25) is 5.32 Å². The van der Waals surface area contributed by atoms with Gasteiger partial charge in [0.2, 0.25) is 0 Å². The number of nitrogens with two attached hydrogens (primary N) is 1. The Labute approximate surface area is 67.3 Å². The van der Waals surface area contributed by atoms with Crippen molar-refractivity contribution >= 4 is 5.96 Å². The first-order valence-electron chi connectivity index (χ1n) is 3.92. The van der Waals surface area contributed by atoms with Crippen molar-refractivity contribution in [2.24, 2.45) is 16.6 Å². The first-order chi connectivity index (χ1) is 5.15. The maximum Gasteiger partial charge on any atom is 0.190 e. The van der Waals surface area contributed by atoms with E-state index in [4.69, 9.17) is 5.73 Å². The Morgan fingerprint density at radius 1 is 1.64 bits per heavy atom. The molecule has 1 rings (SSSR count). The summed E-state index contributed by atoms with van der Waals surface area (Å²) in [6.45, 7) is 4.30. The van der Waals surface area contributed by atoms with Gasteiger partial charge in [-0.25, -0.2) is 4.99 Å². The van der Waals surface area contributed by atoms with Gasteiger partial charge in [-0.1, -0.05) is 13.8 Å². The summed E-state index contributed by atoms with van der Waals surface area (Å²) in [6, 6.07) is 0.333. The molecule has 0 amide bonds. The number of guanidine groups is 1. The molecule has 4 N–H and O–H groups in total. The normalized spacial score (nSPS) is 30.4. The molecule has 1 heterocycles. The summed E-state index contributed by atoms with van der Waals surface area (Å²) in [6.07, 6.45) is 0.134. The highest BCUT2D eigenvalue weighted by atomic mass is 15.3. The third-order valence-corrected chi connectivity index (χ3v) is 1.95. The van der Waals surface area contributed by atoms with Gasteiger partial charge in [0, 0.05) is 0 Å². The van der Waals surface area contributed by atoms with E-state index in [1.54, 1.807) is 0 Å². The van der Waals surface area contributed by atoms with Gasteiger partial charge in [0.1, 0.15) is 6.17 Å². The van der Waals surface area contributed by atoms with Crippen molar-refractivity contribution in [2.75, 3.05) is 7.05 Å². The summed E-state index contributed by atoms with van der Waals surface area (Å²) in [4.78, 5) is 4.18. The van der Waals surface area contributed by atoms with E-state index < -0.39 is 0 Å². The second-order valence-corrected chi connectivity index (χ2v) is 3.16. The van der Waals surface area contributed by atoms with E-state index in [1.807, 2.05) is 7.05 Å². The molecule has 4 nitrogen and oxygen atoms in total. The summed E-state index contributed by atoms with van der Waals surface area (Å²) < 4.78 is 0. The smallest absolute Gasteiger partial charge is 0.190 e. The van der Waals surface area contributed by atoms with Crippen molar-refractivity contribution in [1.82, 2.24) is 10.6 Å². The summed E-state index contributed by atoms with van der Waals surface area (Å²) in [5, 5.41) is 6.22. The lowest BCUT2D eigenvalue weighted by Crippen LogP contribution is -2.45. The van der Waals surface area contributed by atoms with Gasteiger partial charge in [-0.15, -0.1) is 0 Å². The number of hydrogen-bond acceptors (Lipinski definition) is 4. The zero-order chi connectivity index (χ0) is 8.43. The number of likely N-dealkylation sites (N-methyl/N-ethyl adjacent to an activating group) is 1. The fraction of sp³-hybridized carbons (Fsp3) is 0.857. The van der Waals surface area contributed by atoms with Crippen LogP contribution in [-0.4, -0.2) is 25.2 Å². The second kappa shape index (κ2) is 3.09. The third-order valence-electron chi connectivity index (χ3n) is 1.95. The molecule has 0 aliphatic carbocycles. The van der Waals surface area contributed by atoms with Gasteiger partial charge < -0.3 is 11.1 Å². The van der Waals surface area contributed by atoms with E-state index in [0.717, 1.165) is 0 Å². The Hall–Kier alpha value is -0.770. The predicted molar refractivity (Wildman–Crippen MR) is 46.2 cm³/mol. The van der Waals surface area contributed by atoms with Crippen LogP contribution in [0, 0.1) is 5.92 Å². The highest BCUT2D eigenvalue weighted by molar-refractivity contribution is 5.80. The van der Waals surface area contributed by atoms with Crippen molar-refractivity contribution < 1.29 is 0 Å². The highest BCUT2D eigenvalue weighted by Gasteiger charge is 2.28. The summed E-state index contributed by atoms with van der Waals surface area (Å²) in [5.74, 6) is 1.08. The zero-order valence-electron chi connectivity index (χ0n) is 7.26. The molecular formula is C7H16N4. The minimum Gasteiger partial charge on any atom is -0.370 e. The van der Waals surface area contributed by atoms with Crippen LogP contribution in [0.3, 0.4) is 0 Å². The molecule has 0 spiro atoms. The highest BCUT2D eigenvalue weighted by Crippen LogP contribution is 2.11. The molecule has 0 aromatic carbocycles. The van der Waals surface area contributed by atoms with Crippen molar-refractivity contribution in [3.05, 3.63) is 0 Å². The topological polar surface area (TPSA) is 62.4 Å². The van der Waals surface area contributed by atoms with Crippen LogP contribution in [-0.2, 0) is 0 Å². The number of rotatable bonds is 2. The maximum atomic E-state index is 5.53. The standard InChI is InChI=1S/C7H16N4/c1-4(2)5-6(9-3)11-7(8)10-5/h4-6,9H,1-3H3,(H3,8,10,11). The second-order valence-electron chi connectivity index (χ2n) is 3.16. The van der Waals surface area contributed by atoms with E-state index in [0.29, 0.717) is 17.9 Å². The number of hydrogen-bond donors (Lipinski definition) is 3. The van der Waals surface area contributed by atoms with Crippen molar-refractivity contribution in [3.63, 3.8) is 0 Å². The molecule has 0 fully saturated rings. The lowest BCUT2D eigenvalue weighted by Gasteiger charge is -2.20. The molecule has 4 heteroatoms. The first-order valence-corrected chi connectivity index (χ1v) is 3.92. The quantitative estimate of drug-likeness (QED) is 0.504.